The molecule has 0 aromatic heterocycles. The molecule has 0 saturated carbocycles. The molecule has 0 unspecified atom stereocenters. The molecule has 0 heterocycles. The standard InChI is InChI=1S/C10H14FNO/c1-10(2,12)9(13)7-4-3-5-8(11)6-7/h3-6,9,13H,12H2,1-2H3/t9-/m1/s1. The van der Waals surface area contributed by atoms with E-state index in [0.29, 0.717) is 5.56 Å². The summed E-state index contributed by atoms with van der Waals surface area (Å²) in [5.41, 5.74) is 5.44. The van der Waals surface area contributed by atoms with Crippen molar-refractivity contribution < 1.29 is 9.50 Å². The molecule has 13 heavy (non-hydrogen) atoms. The predicted molar refractivity (Wildman–Crippen MR) is 49.6 cm³/mol. The van der Waals surface area contributed by atoms with E-state index in [0.717, 1.165) is 0 Å². The van der Waals surface area contributed by atoms with Gasteiger partial charge < -0.3 is 10.8 Å². The molecule has 72 valence electrons. The van der Waals surface area contributed by atoms with E-state index in [1.165, 1.54) is 12.1 Å². The summed E-state index contributed by atoms with van der Waals surface area (Å²) in [5, 5.41) is 9.69. The molecule has 3 heteroatoms. The third kappa shape index (κ3) is 2.50. The van der Waals surface area contributed by atoms with Gasteiger partial charge in [0.05, 0.1) is 6.10 Å². The molecule has 0 aliphatic heterocycles. The summed E-state index contributed by atoms with van der Waals surface area (Å²) >= 11 is 0. The van der Waals surface area contributed by atoms with E-state index in [-0.39, 0.29) is 5.82 Å². The quantitative estimate of drug-likeness (QED) is 0.731. The average molecular weight is 183 g/mol. The van der Waals surface area contributed by atoms with E-state index < -0.39 is 11.6 Å². The summed E-state index contributed by atoms with van der Waals surface area (Å²) in [7, 11) is 0. The molecule has 1 rings (SSSR count). The smallest absolute Gasteiger partial charge is 0.123 e. The minimum Gasteiger partial charge on any atom is -0.387 e. The van der Waals surface area contributed by atoms with E-state index in [4.69, 9.17) is 5.73 Å². The fourth-order valence-electron chi connectivity index (χ4n) is 1.11. The third-order valence-electron chi connectivity index (χ3n) is 1.87. The van der Waals surface area contributed by atoms with E-state index in [1.54, 1.807) is 26.0 Å². The molecule has 0 aliphatic rings. The Morgan fingerprint density at radius 3 is 2.54 bits per heavy atom. The van der Waals surface area contributed by atoms with Gasteiger partial charge in [0.2, 0.25) is 0 Å². The summed E-state index contributed by atoms with van der Waals surface area (Å²) in [6, 6.07) is 5.83. The van der Waals surface area contributed by atoms with Crippen LogP contribution in [0.4, 0.5) is 4.39 Å². The highest BCUT2D eigenvalue weighted by Crippen LogP contribution is 2.23. The number of hydrogen-bond acceptors (Lipinski definition) is 2. The molecule has 0 radical (unpaired) electrons. The summed E-state index contributed by atoms with van der Waals surface area (Å²) in [5.74, 6) is -0.360. The second-order valence-corrected chi connectivity index (χ2v) is 3.78. The van der Waals surface area contributed by atoms with Gasteiger partial charge in [0.1, 0.15) is 5.82 Å². The molecule has 0 bridgehead atoms. The number of benzene rings is 1. The monoisotopic (exact) mass is 183 g/mol. The molecule has 0 fully saturated rings. The maximum atomic E-state index is 12.8. The van der Waals surface area contributed by atoms with Crippen LogP contribution in [0.15, 0.2) is 24.3 Å². The van der Waals surface area contributed by atoms with Crippen molar-refractivity contribution in [1.82, 2.24) is 0 Å². The van der Waals surface area contributed by atoms with Crippen LogP contribution in [0, 0.1) is 5.82 Å². The number of aliphatic hydroxyl groups excluding tert-OH is 1. The Hall–Kier alpha value is -0.930. The van der Waals surface area contributed by atoms with Gasteiger partial charge >= 0.3 is 0 Å². The van der Waals surface area contributed by atoms with E-state index in [1.807, 2.05) is 0 Å². The zero-order valence-corrected chi connectivity index (χ0v) is 7.79. The largest absolute Gasteiger partial charge is 0.387 e. The maximum Gasteiger partial charge on any atom is 0.123 e. The van der Waals surface area contributed by atoms with Gasteiger partial charge in [-0.1, -0.05) is 12.1 Å². The van der Waals surface area contributed by atoms with Crippen molar-refractivity contribution in [1.29, 1.82) is 0 Å². The predicted octanol–water partition coefficient (Wildman–Crippen LogP) is 1.60. The highest BCUT2D eigenvalue weighted by molar-refractivity contribution is 5.21. The van der Waals surface area contributed by atoms with Gasteiger partial charge in [-0.3, -0.25) is 0 Å². The zero-order chi connectivity index (χ0) is 10.1. The molecule has 1 aromatic rings. The summed E-state index contributed by atoms with van der Waals surface area (Å²) < 4.78 is 12.8. The normalized spacial score (nSPS) is 14.2. The SMILES string of the molecule is CC(C)(N)[C@H](O)c1cccc(F)c1. The van der Waals surface area contributed by atoms with Crippen LogP contribution in [0.25, 0.3) is 0 Å². The third-order valence-corrected chi connectivity index (χ3v) is 1.87. The molecule has 0 amide bonds. The van der Waals surface area contributed by atoms with Gasteiger partial charge in [0.25, 0.3) is 0 Å². The second-order valence-electron chi connectivity index (χ2n) is 3.78. The number of halogens is 1. The Labute approximate surface area is 77.2 Å². The molecule has 2 nitrogen and oxygen atoms in total. The van der Waals surface area contributed by atoms with Gasteiger partial charge in [-0.25, -0.2) is 4.39 Å². The summed E-state index contributed by atoms with van der Waals surface area (Å²) in [6.07, 6.45) is -0.844. The minimum absolute atomic E-state index is 0.360. The number of aliphatic hydroxyl groups is 1. The van der Waals surface area contributed by atoms with Crippen LogP contribution >= 0.6 is 0 Å². The van der Waals surface area contributed by atoms with Crippen molar-refractivity contribution in [2.45, 2.75) is 25.5 Å². The first kappa shape index (κ1) is 10.2. The first-order chi connectivity index (χ1) is 5.91. The Kier molecular flexibility index (Phi) is 2.68. The van der Waals surface area contributed by atoms with Crippen molar-refractivity contribution in [2.75, 3.05) is 0 Å². The lowest BCUT2D eigenvalue weighted by Crippen LogP contribution is -2.39. The number of nitrogens with two attached hydrogens (primary N) is 1. The van der Waals surface area contributed by atoms with Gasteiger partial charge in [-0.2, -0.15) is 0 Å². The van der Waals surface area contributed by atoms with Crippen molar-refractivity contribution in [3.63, 3.8) is 0 Å². The van der Waals surface area contributed by atoms with Crippen LogP contribution in [-0.4, -0.2) is 10.6 Å². The summed E-state index contributed by atoms with van der Waals surface area (Å²) in [4.78, 5) is 0. The topological polar surface area (TPSA) is 46.2 Å². The van der Waals surface area contributed by atoms with Gasteiger partial charge in [0, 0.05) is 5.54 Å². The van der Waals surface area contributed by atoms with E-state index in [2.05, 4.69) is 0 Å². The fourth-order valence-corrected chi connectivity index (χ4v) is 1.11. The highest BCUT2D eigenvalue weighted by atomic mass is 19.1. The molecule has 0 spiro atoms. The van der Waals surface area contributed by atoms with Gasteiger partial charge in [0.15, 0.2) is 0 Å². The van der Waals surface area contributed by atoms with Crippen LogP contribution in [0.3, 0.4) is 0 Å². The fraction of sp³-hybridized carbons (Fsp3) is 0.400. The van der Waals surface area contributed by atoms with Crippen LogP contribution < -0.4 is 5.73 Å². The molecular formula is C10H14FNO. The van der Waals surface area contributed by atoms with Crippen molar-refractivity contribution >= 4 is 0 Å². The summed E-state index contributed by atoms with van der Waals surface area (Å²) in [6.45, 7) is 3.39. The Bertz CT molecular complexity index is 293. The minimum atomic E-state index is -0.844. The van der Waals surface area contributed by atoms with Crippen LogP contribution in [-0.2, 0) is 0 Å². The molecular weight excluding hydrogens is 169 g/mol. The zero-order valence-electron chi connectivity index (χ0n) is 7.79. The van der Waals surface area contributed by atoms with Crippen LogP contribution in [0.5, 0.6) is 0 Å². The second kappa shape index (κ2) is 3.44. The Morgan fingerprint density at radius 1 is 1.46 bits per heavy atom. The van der Waals surface area contributed by atoms with Crippen LogP contribution in [0.2, 0.25) is 0 Å². The number of rotatable bonds is 2. The molecule has 1 aromatic carbocycles. The highest BCUT2D eigenvalue weighted by Gasteiger charge is 2.24. The lowest BCUT2D eigenvalue weighted by Gasteiger charge is -2.25. The molecule has 1 atom stereocenters. The van der Waals surface area contributed by atoms with E-state index in [9.17, 15) is 9.50 Å². The lowest BCUT2D eigenvalue weighted by molar-refractivity contribution is 0.104. The Balaban J connectivity index is 2.96. The van der Waals surface area contributed by atoms with Gasteiger partial charge in [-0.15, -0.1) is 0 Å². The van der Waals surface area contributed by atoms with E-state index >= 15 is 0 Å². The molecule has 0 saturated heterocycles. The number of hydrogen-bond donors (Lipinski definition) is 2. The maximum absolute atomic E-state index is 12.8. The first-order valence-corrected chi connectivity index (χ1v) is 4.13. The lowest BCUT2D eigenvalue weighted by atomic mass is 9.92. The van der Waals surface area contributed by atoms with Gasteiger partial charge in [-0.05, 0) is 31.5 Å². The van der Waals surface area contributed by atoms with Crippen molar-refractivity contribution in [2.24, 2.45) is 5.73 Å². The average Bonchev–Trinajstić information content (AvgIpc) is 2.01. The van der Waals surface area contributed by atoms with Crippen molar-refractivity contribution in [3.05, 3.63) is 35.6 Å². The first-order valence-electron chi connectivity index (χ1n) is 4.13. The van der Waals surface area contributed by atoms with Crippen LogP contribution in [0.1, 0.15) is 25.5 Å². The molecule has 3 N–H and O–H groups in total. The van der Waals surface area contributed by atoms with Crippen molar-refractivity contribution in [3.8, 4) is 0 Å². The molecule has 0 aliphatic carbocycles. The Morgan fingerprint density at radius 2 is 2.08 bits per heavy atom.